The summed E-state index contributed by atoms with van der Waals surface area (Å²) in [5, 5.41) is 0. The van der Waals surface area contributed by atoms with Gasteiger partial charge in [0, 0.05) is 10.0 Å². The lowest BCUT2D eigenvalue weighted by molar-refractivity contribution is -0.123. The summed E-state index contributed by atoms with van der Waals surface area (Å²) in [5.41, 5.74) is 2.54. The fraction of sp³-hybridized carbons (Fsp3) is 0.118. The number of carbonyl (C=O) groups is 1. The van der Waals surface area contributed by atoms with E-state index in [1.807, 2.05) is 0 Å². The van der Waals surface area contributed by atoms with Gasteiger partial charge in [-0.1, -0.05) is 58.4 Å². The molecule has 0 amide bonds. The summed E-state index contributed by atoms with van der Waals surface area (Å²) in [6.07, 6.45) is -2.35. The van der Waals surface area contributed by atoms with Crippen molar-refractivity contribution in [3.05, 3.63) is 81.8 Å². The van der Waals surface area contributed by atoms with Crippen LogP contribution in [0.5, 0.6) is 0 Å². The van der Waals surface area contributed by atoms with E-state index in [-0.39, 0.29) is 11.1 Å². The molecule has 0 aromatic heterocycles. The predicted octanol–water partition coefficient (Wildman–Crippen LogP) is 2.76. The Morgan fingerprint density at radius 1 is 1.24 bits per heavy atom. The van der Waals surface area contributed by atoms with E-state index in [0.717, 1.165) is 0 Å². The van der Waals surface area contributed by atoms with Crippen molar-refractivity contribution in [3.63, 3.8) is 0 Å². The van der Waals surface area contributed by atoms with E-state index in [2.05, 4.69) is 15.9 Å². The molecule has 2 N–H and O–H groups in total. The zero-order valence-corrected chi connectivity index (χ0v) is 15.0. The quantitative estimate of drug-likeness (QED) is 0.738. The second kappa shape index (κ2) is 6.89. The van der Waals surface area contributed by atoms with Crippen LogP contribution in [0.15, 0.2) is 70.7 Å². The number of nitrogens with two attached hydrogens (primary N) is 1. The van der Waals surface area contributed by atoms with Gasteiger partial charge < -0.3 is 14.7 Å². The third-order valence-electron chi connectivity index (χ3n) is 3.14. The van der Waals surface area contributed by atoms with Gasteiger partial charge in [0.05, 0.1) is 4.11 Å². The average molecular weight is 427 g/mol. The highest BCUT2D eigenvalue weighted by Gasteiger charge is 2.39. The van der Waals surface area contributed by atoms with Gasteiger partial charge in [0.1, 0.15) is 5.70 Å². The zero-order valence-electron chi connectivity index (χ0n) is 15.6. The first-order valence-corrected chi connectivity index (χ1v) is 9.18. The van der Waals surface area contributed by atoms with Crippen molar-refractivity contribution in [3.8, 4) is 0 Å². The van der Waals surface area contributed by atoms with Crippen molar-refractivity contribution in [2.75, 3.05) is 0 Å². The molecule has 0 bridgehead atoms. The van der Waals surface area contributed by atoms with E-state index in [1.165, 1.54) is 36.4 Å². The molecule has 1 atom stereocenters. The van der Waals surface area contributed by atoms with Crippen LogP contribution in [0.1, 0.15) is 21.3 Å². The highest BCUT2D eigenvalue weighted by atomic mass is 79.9. The number of hydrogen-bond acceptors (Lipinski definition) is 6. The molecule has 0 fully saturated rings. The molecular formula is C17H14BrNO5S. The van der Waals surface area contributed by atoms with Crippen LogP contribution < -0.4 is 5.73 Å². The lowest BCUT2D eigenvalue weighted by atomic mass is 10.1. The minimum absolute atomic E-state index is 0.0943. The van der Waals surface area contributed by atoms with Gasteiger partial charge in [-0.2, -0.15) is 8.42 Å². The van der Waals surface area contributed by atoms with E-state index >= 15 is 0 Å². The summed E-state index contributed by atoms with van der Waals surface area (Å²) in [4.78, 5) is 12.7. The number of hydrogen-bond donors (Lipinski definition) is 1. The Morgan fingerprint density at radius 2 is 1.96 bits per heavy atom. The van der Waals surface area contributed by atoms with Crippen molar-refractivity contribution < 1.29 is 26.2 Å². The predicted molar refractivity (Wildman–Crippen MR) is 94.3 cm³/mol. The summed E-state index contributed by atoms with van der Waals surface area (Å²) in [6, 6.07) is 13.1. The van der Waals surface area contributed by atoms with Gasteiger partial charge in [0.15, 0.2) is 6.08 Å². The number of carbonyl (C=O) groups excluding carboxylic acids is 1. The first kappa shape index (κ1) is 13.9. The smallest absolute Gasteiger partial charge is 0.313 e. The highest BCUT2D eigenvalue weighted by Crippen LogP contribution is 2.33. The summed E-state index contributed by atoms with van der Waals surface area (Å²) in [6.45, 7) is 0. The monoisotopic (exact) mass is 426 g/mol. The molecule has 0 unspecified atom stereocenters. The molecule has 0 radical (unpaired) electrons. The molecule has 1 aliphatic heterocycles. The van der Waals surface area contributed by atoms with Crippen molar-refractivity contribution in [2.45, 2.75) is 11.8 Å². The number of Topliss-reactive ketones (excluding diaryl/α,β-unsaturated/α-hetero) is 1. The van der Waals surface area contributed by atoms with Crippen LogP contribution in [0.3, 0.4) is 0 Å². The zero-order chi connectivity index (χ0) is 20.7. The van der Waals surface area contributed by atoms with Crippen molar-refractivity contribution in [1.82, 2.24) is 0 Å². The highest BCUT2D eigenvalue weighted by molar-refractivity contribution is 9.10. The average Bonchev–Trinajstić information content (AvgIpc) is 2.86. The second-order valence-corrected chi connectivity index (χ2v) is 7.16. The molecule has 0 saturated heterocycles. The van der Waals surface area contributed by atoms with Crippen molar-refractivity contribution in [2.24, 2.45) is 5.73 Å². The SMILES string of the molecule is [2H]C([2H])(c1ccccc1)S(=O)(=O)OC1=C(N)O[C@]([2H])(c2cccc(Br)c2)C1=O. The Labute approximate surface area is 157 Å². The first-order chi connectivity index (χ1) is 13.0. The van der Waals surface area contributed by atoms with Gasteiger partial charge in [-0.15, -0.1) is 0 Å². The maximum absolute atomic E-state index is 12.7. The number of ether oxygens (including phenoxy) is 1. The van der Waals surface area contributed by atoms with Crippen molar-refractivity contribution in [1.29, 1.82) is 0 Å². The molecule has 2 aromatic rings. The lowest BCUT2D eigenvalue weighted by Gasteiger charge is -2.10. The third-order valence-corrected chi connectivity index (χ3v) is 4.51. The van der Waals surface area contributed by atoms with Crippen LogP contribution in [0.4, 0.5) is 0 Å². The van der Waals surface area contributed by atoms with Crippen LogP contribution >= 0.6 is 15.9 Å². The standard InChI is InChI=1S/C17H14BrNO5S/c18-13-8-4-7-12(9-13)15-14(20)16(17(19)23-15)24-25(21,22)10-11-5-2-1-3-6-11/h1-9,15H,10,19H2/t15-/m1/s1/i10D2,15D. The molecule has 2 aromatic carbocycles. The van der Waals surface area contributed by atoms with E-state index in [9.17, 15) is 13.2 Å². The van der Waals surface area contributed by atoms with Crippen LogP contribution in [0.25, 0.3) is 0 Å². The molecular weight excluding hydrogens is 410 g/mol. The van der Waals surface area contributed by atoms with E-state index in [4.69, 9.17) is 18.8 Å². The normalized spacial score (nSPS) is 22.8. The molecule has 0 aliphatic carbocycles. The van der Waals surface area contributed by atoms with Gasteiger partial charge >= 0.3 is 10.1 Å². The second-order valence-electron chi connectivity index (χ2n) is 4.97. The van der Waals surface area contributed by atoms with Crippen LogP contribution in [-0.4, -0.2) is 14.2 Å². The molecule has 25 heavy (non-hydrogen) atoms. The summed E-state index contributed by atoms with van der Waals surface area (Å²) < 4.78 is 59.7. The molecule has 1 heterocycles. The Morgan fingerprint density at radius 3 is 2.64 bits per heavy atom. The Balaban J connectivity index is 1.94. The van der Waals surface area contributed by atoms with Crippen LogP contribution in [0.2, 0.25) is 0 Å². The van der Waals surface area contributed by atoms with Crippen LogP contribution in [-0.2, 0) is 29.5 Å². The van der Waals surface area contributed by atoms with Gasteiger partial charge in [-0.3, -0.25) is 4.79 Å². The summed E-state index contributed by atoms with van der Waals surface area (Å²) >= 11 is 3.21. The molecule has 6 nitrogen and oxygen atoms in total. The number of rotatable bonds is 5. The minimum atomic E-state index is -5.00. The molecule has 0 saturated carbocycles. The maximum Gasteiger partial charge on any atom is 0.313 e. The molecule has 130 valence electrons. The fourth-order valence-corrected chi connectivity index (χ4v) is 3.34. The maximum atomic E-state index is 12.7. The van der Waals surface area contributed by atoms with E-state index in [1.54, 1.807) is 18.2 Å². The van der Waals surface area contributed by atoms with Crippen LogP contribution in [0, 0.1) is 0 Å². The lowest BCUT2D eigenvalue weighted by Crippen LogP contribution is -2.16. The van der Waals surface area contributed by atoms with E-state index < -0.39 is 39.3 Å². The van der Waals surface area contributed by atoms with Crippen molar-refractivity contribution >= 4 is 31.8 Å². The Bertz CT molecular complexity index is 1080. The Hall–Kier alpha value is -2.32. The Kier molecular flexibility index (Phi) is 3.84. The van der Waals surface area contributed by atoms with Gasteiger partial charge in [0.2, 0.25) is 17.4 Å². The fourth-order valence-electron chi connectivity index (χ4n) is 2.10. The minimum Gasteiger partial charge on any atom is -0.460 e. The molecule has 1 aliphatic rings. The van der Waals surface area contributed by atoms with Gasteiger partial charge in [0.25, 0.3) is 0 Å². The number of benzene rings is 2. The van der Waals surface area contributed by atoms with Gasteiger partial charge in [-0.05, 0) is 17.7 Å². The first-order valence-electron chi connectivity index (χ1n) is 8.48. The third kappa shape index (κ3) is 4.02. The van der Waals surface area contributed by atoms with E-state index in [0.29, 0.717) is 4.47 Å². The topological polar surface area (TPSA) is 95.7 Å². The van der Waals surface area contributed by atoms with Gasteiger partial charge in [-0.25, -0.2) is 0 Å². The molecule has 8 heteroatoms. The number of ketones is 1. The molecule has 3 rings (SSSR count). The number of halogens is 1. The summed E-state index contributed by atoms with van der Waals surface area (Å²) in [5.74, 6) is -2.81. The molecule has 0 spiro atoms. The largest absolute Gasteiger partial charge is 0.460 e. The summed E-state index contributed by atoms with van der Waals surface area (Å²) in [7, 11) is -5.00.